The van der Waals surface area contributed by atoms with E-state index >= 15 is 0 Å². The van der Waals surface area contributed by atoms with E-state index in [-0.39, 0.29) is 12.7 Å². The van der Waals surface area contributed by atoms with Gasteiger partial charge in [0.05, 0.1) is 6.10 Å². The first-order valence-corrected chi connectivity index (χ1v) is 5.70. The molecule has 0 fully saturated rings. The highest BCUT2D eigenvalue weighted by Gasteiger charge is 2.11. The van der Waals surface area contributed by atoms with E-state index in [0.29, 0.717) is 13.0 Å². The van der Waals surface area contributed by atoms with E-state index in [1.807, 2.05) is 0 Å². The predicted octanol–water partition coefficient (Wildman–Crippen LogP) is 0.0609. The number of hydrogen-bond acceptors (Lipinski definition) is 5. The van der Waals surface area contributed by atoms with Crippen molar-refractivity contribution >= 4 is 8.53 Å². The molecule has 0 radical (unpaired) electrons. The van der Waals surface area contributed by atoms with Gasteiger partial charge in [-0.05, 0) is 32.2 Å². The third-order valence-corrected chi connectivity index (χ3v) is 2.20. The topological polar surface area (TPSA) is 102 Å². The first-order chi connectivity index (χ1) is 6.20. The van der Waals surface area contributed by atoms with Crippen LogP contribution in [0.2, 0.25) is 0 Å². The minimum absolute atomic E-state index is 0.0520. The lowest BCUT2D eigenvalue weighted by molar-refractivity contribution is 0.145. The van der Waals surface area contributed by atoms with Crippen LogP contribution in [-0.4, -0.2) is 29.3 Å². The molecule has 2 atom stereocenters. The number of unbranched alkanes of at least 4 members (excludes halogenated alkanes) is 1. The van der Waals surface area contributed by atoms with Crippen LogP contribution in [0.4, 0.5) is 0 Å². The summed E-state index contributed by atoms with van der Waals surface area (Å²) in [5.74, 6) is 0. The smallest absolute Gasteiger partial charge is 0.250 e. The van der Waals surface area contributed by atoms with Gasteiger partial charge in [0, 0.05) is 6.61 Å². The van der Waals surface area contributed by atoms with Crippen LogP contribution in [0, 0.1) is 0 Å². The molecule has 0 heterocycles. The zero-order valence-corrected chi connectivity index (χ0v) is 8.62. The second-order valence-corrected chi connectivity index (χ2v) is 3.64. The third kappa shape index (κ3) is 8.56. The van der Waals surface area contributed by atoms with Gasteiger partial charge in [-0.2, -0.15) is 0 Å². The SMILES string of the molecule is NCCCCC(CCO)OP(N)O. The van der Waals surface area contributed by atoms with Gasteiger partial charge >= 0.3 is 0 Å². The van der Waals surface area contributed by atoms with Crippen LogP contribution < -0.4 is 11.2 Å². The van der Waals surface area contributed by atoms with Gasteiger partial charge in [0.1, 0.15) is 0 Å². The fraction of sp³-hybridized carbons (Fsp3) is 1.00. The summed E-state index contributed by atoms with van der Waals surface area (Å²) in [7, 11) is -1.81. The largest absolute Gasteiger partial charge is 0.396 e. The Hall–Kier alpha value is 0.230. The van der Waals surface area contributed by atoms with Crippen LogP contribution in [0.15, 0.2) is 0 Å². The standard InChI is InChI=1S/C7H19N2O3P/c8-5-2-1-3-7(4-6-10)12-13(9)11/h7,10-11H,1-6,8-9H2. The van der Waals surface area contributed by atoms with Crippen molar-refractivity contribution in [1.82, 2.24) is 0 Å². The Morgan fingerprint density at radius 3 is 2.46 bits per heavy atom. The monoisotopic (exact) mass is 210 g/mol. The maximum absolute atomic E-state index is 8.82. The molecule has 0 amide bonds. The van der Waals surface area contributed by atoms with Crippen LogP contribution in [0.25, 0.3) is 0 Å². The Labute approximate surface area is 80.0 Å². The highest BCUT2D eigenvalue weighted by atomic mass is 31.2. The van der Waals surface area contributed by atoms with Crippen molar-refractivity contribution in [2.75, 3.05) is 13.2 Å². The lowest BCUT2D eigenvalue weighted by Gasteiger charge is -2.17. The molecule has 6 heteroatoms. The molecule has 13 heavy (non-hydrogen) atoms. The molecule has 0 rings (SSSR count). The highest BCUT2D eigenvalue weighted by molar-refractivity contribution is 7.43. The number of rotatable bonds is 8. The summed E-state index contributed by atoms with van der Waals surface area (Å²) in [4.78, 5) is 8.82. The van der Waals surface area contributed by atoms with Crippen LogP contribution in [0.1, 0.15) is 25.7 Å². The maximum atomic E-state index is 8.82. The van der Waals surface area contributed by atoms with E-state index in [4.69, 9.17) is 25.8 Å². The summed E-state index contributed by atoms with van der Waals surface area (Å²) < 4.78 is 5.03. The van der Waals surface area contributed by atoms with Gasteiger partial charge < -0.3 is 20.3 Å². The van der Waals surface area contributed by atoms with Crippen molar-refractivity contribution in [2.45, 2.75) is 31.8 Å². The van der Waals surface area contributed by atoms with Crippen molar-refractivity contribution in [3.05, 3.63) is 0 Å². The summed E-state index contributed by atoms with van der Waals surface area (Å²) >= 11 is 0. The van der Waals surface area contributed by atoms with Gasteiger partial charge in [0.2, 0.25) is 8.53 Å². The molecule has 2 unspecified atom stereocenters. The van der Waals surface area contributed by atoms with E-state index < -0.39 is 8.53 Å². The fourth-order valence-electron chi connectivity index (χ4n) is 1.06. The Kier molecular flexibility index (Phi) is 8.97. The predicted molar refractivity (Wildman–Crippen MR) is 52.8 cm³/mol. The zero-order chi connectivity index (χ0) is 10.1. The summed E-state index contributed by atoms with van der Waals surface area (Å²) in [5, 5.41) is 8.69. The minimum atomic E-state index is -1.81. The molecule has 0 saturated carbocycles. The second-order valence-electron chi connectivity index (χ2n) is 2.83. The van der Waals surface area contributed by atoms with E-state index in [0.717, 1.165) is 19.3 Å². The van der Waals surface area contributed by atoms with E-state index in [1.54, 1.807) is 0 Å². The molecule has 6 N–H and O–H groups in total. The summed E-state index contributed by atoms with van der Waals surface area (Å²) in [5.41, 5.74) is 10.4. The fourth-order valence-corrected chi connectivity index (χ4v) is 1.58. The van der Waals surface area contributed by atoms with Gasteiger partial charge in [-0.1, -0.05) is 0 Å². The van der Waals surface area contributed by atoms with Crippen molar-refractivity contribution in [3.63, 3.8) is 0 Å². The summed E-state index contributed by atoms with van der Waals surface area (Å²) in [6, 6.07) is 0. The quantitative estimate of drug-likeness (QED) is 0.335. The zero-order valence-electron chi connectivity index (χ0n) is 7.72. The van der Waals surface area contributed by atoms with E-state index in [2.05, 4.69) is 0 Å². The normalized spacial score (nSPS) is 15.7. The third-order valence-electron chi connectivity index (χ3n) is 1.69. The average Bonchev–Trinajstić information content (AvgIpc) is 2.04. The molecule has 0 bridgehead atoms. The maximum Gasteiger partial charge on any atom is 0.250 e. The average molecular weight is 210 g/mol. The molecule has 0 aromatic rings. The molecule has 80 valence electrons. The van der Waals surface area contributed by atoms with Crippen LogP contribution in [-0.2, 0) is 4.52 Å². The van der Waals surface area contributed by atoms with Crippen molar-refractivity contribution < 1.29 is 14.5 Å². The first kappa shape index (κ1) is 13.2. The Morgan fingerprint density at radius 1 is 1.31 bits per heavy atom. The van der Waals surface area contributed by atoms with Crippen LogP contribution in [0.3, 0.4) is 0 Å². The second kappa shape index (κ2) is 8.81. The number of aliphatic hydroxyl groups is 1. The van der Waals surface area contributed by atoms with Gasteiger partial charge in [0.25, 0.3) is 0 Å². The molecule has 0 saturated heterocycles. The Balaban J connectivity index is 3.53. The molecule has 0 aliphatic carbocycles. The number of nitrogens with two attached hydrogens (primary N) is 2. The highest BCUT2D eigenvalue weighted by Crippen LogP contribution is 2.26. The molecule has 0 aromatic heterocycles. The first-order valence-electron chi connectivity index (χ1n) is 4.42. The number of aliphatic hydroxyl groups excluding tert-OH is 1. The molecular formula is C7H19N2O3P. The number of hydrogen-bond donors (Lipinski definition) is 4. The van der Waals surface area contributed by atoms with E-state index in [9.17, 15) is 0 Å². The van der Waals surface area contributed by atoms with Gasteiger partial charge in [-0.15, -0.1) is 0 Å². The molecular weight excluding hydrogens is 191 g/mol. The van der Waals surface area contributed by atoms with E-state index in [1.165, 1.54) is 0 Å². The van der Waals surface area contributed by atoms with Gasteiger partial charge in [0.15, 0.2) is 0 Å². The lowest BCUT2D eigenvalue weighted by Crippen LogP contribution is -2.14. The van der Waals surface area contributed by atoms with Crippen LogP contribution in [0.5, 0.6) is 0 Å². The summed E-state index contributed by atoms with van der Waals surface area (Å²) in [6.45, 7) is 0.707. The molecule has 0 aromatic carbocycles. The van der Waals surface area contributed by atoms with Crippen LogP contribution >= 0.6 is 8.53 Å². The lowest BCUT2D eigenvalue weighted by atomic mass is 10.1. The molecule has 0 aliphatic heterocycles. The minimum Gasteiger partial charge on any atom is -0.396 e. The van der Waals surface area contributed by atoms with Crippen molar-refractivity contribution in [2.24, 2.45) is 11.2 Å². The Morgan fingerprint density at radius 2 is 2.00 bits per heavy atom. The summed E-state index contributed by atoms with van der Waals surface area (Å²) in [6.07, 6.45) is 3.02. The van der Waals surface area contributed by atoms with Crippen molar-refractivity contribution in [3.8, 4) is 0 Å². The molecule has 5 nitrogen and oxygen atoms in total. The molecule has 0 spiro atoms. The molecule has 0 aliphatic rings. The van der Waals surface area contributed by atoms with Gasteiger partial charge in [-0.3, -0.25) is 5.50 Å². The van der Waals surface area contributed by atoms with Gasteiger partial charge in [-0.25, -0.2) is 0 Å². The van der Waals surface area contributed by atoms with Crippen molar-refractivity contribution in [1.29, 1.82) is 0 Å². The Bertz CT molecular complexity index is 116.